The number of hydrogen-bond donors (Lipinski definition) is 1. The first-order valence-corrected chi connectivity index (χ1v) is 11.3. The molecule has 2 rings (SSSR count). The number of anilines is 1. The molecule has 0 atom stereocenters. The van der Waals surface area contributed by atoms with Gasteiger partial charge in [0.15, 0.2) is 9.84 Å². The monoisotopic (exact) mass is 409 g/mol. The molecule has 2 aromatic rings. The zero-order valence-corrected chi connectivity index (χ0v) is 17.4. The molecular formula is C19H23NO5S2. The number of nitrogens with one attached hydrogen (secondary N) is 1. The Kier molecular flexibility index (Phi) is 6.78. The molecule has 8 heteroatoms. The Hall–Kier alpha value is -2.19. The Morgan fingerprint density at radius 3 is 2.33 bits per heavy atom. The maximum atomic E-state index is 12.5. The van der Waals surface area contributed by atoms with Crippen LogP contribution in [0.25, 0.3) is 0 Å². The SMILES string of the molecule is COC(=O)c1c(CC(C)C)csc1NC(=O)c1ccc(CS(C)(=O)=O)cc1. The van der Waals surface area contributed by atoms with Crippen LogP contribution in [-0.4, -0.2) is 33.7 Å². The van der Waals surface area contributed by atoms with Gasteiger partial charge in [-0.2, -0.15) is 0 Å². The van der Waals surface area contributed by atoms with E-state index in [1.54, 1.807) is 24.3 Å². The number of esters is 1. The Bertz CT molecular complexity index is 928. The number of methoxy groups -OCH3 is 1. The van der Waals surface area contributed by atoms with E-state index in [9.17, 15) is 18.0 Å². The third kappa shape index (κ3) is 5.90. The number of carbonyl (C=O) groups excluding carboxylic acids is 2. The highest BCUT2D eigenvalue weighted by Crippen LogP contribution is 2.31. The molecule has 0 unspecified atom stereocenters. The van der Waals surface area contributed by atoms with Gasteiger partial charge in [0.2, 0.25) is 0 Å². The van der Waals surface area contributed by atoms with Gasteiger partial charge < -0.3 is 10.1 Å². The van der Waals surface area contributed by atoms with Crippen molar-refractivity contribution >= 4 is 38.1 Å². The lowest BCUT2D eigenvalue weighted by molar-refractivity contribution is 0.0601. The highest BCUT2D eigenvalue weighted by atomic mass is 32.2. The average Bonchev–Trinajstić information content (AvgIpc) is 2.94. The summed E-state index contributed by atoms with van der Waals surface area (Å²) in [6.45, 7) is 4.10. The van der Waals surface area contributed by atoms with Crippen molar-refractivity contribution in [2.24, 2.45) is 5.92 Å². The first-order valence-electron chi connectivity index (χ1n) is 8.37. The fourth-order valence-corrected chi connectivity index (χ4v) is 4.39. The summed E-state index contributed by atoms with van der Waals surface area (Å²) in [5.74, 6) is -0.575. The number of ether oxygens (including phenoxy) is 1. The summed E-state index contributed by atoms with van der Waals surface area (Å²) < 4.78 is 27.6. The molecule has 0 aliphatic carbocycles. The second kappa shape index (κ2) is 8.67. The minimum atomic E-state index is -3.13. The van der Waals surface area contributed by atoms with E-state index in [0.29, 0.717) is 34.0 Å². The zero-order chi connectivity index (χ0) is 20.2. The maximum absolute atomic E-state index is 12.5. The summed E-state index contributed by atoms with van der Waals surface area (Å²) in [6, 6.07) is 6.35. The topological polar surface area (TPSA) is 89.5 Å². The second-order valence-corrected chi connectivity index (χ2v) is 9.80. The van der Waals surface area contributed by atoms with Gasteiger partial charge in [-0.15, -0.1) is 11.3 Å². The van der Waals surface area contributed by atoms with Crippen LogP contribution >= 0.6 is 11.3 Å². The molecule has 0 saturated heterocycles. The fraction of sp³-hybridized carbons (Fsp3) is 0.368. The Balaban J connectivity index is 2.22. The minimum Gasteiger partial charge on any atom is -0.465 e. The number of rotatable bonds is 7. The molecule has 1 heterocycles. The standard InChI is InChI=1S/C19H23NO5S2/c1-12(2)9-15-10-26-18(16(15)19(22)25-3)20-17(21)14-7-5-13(6-8-14)11-27(4,23)24/h5-8,10,12H,9,11H2,1-4H3,(H,20,21). The normalized spacial score (nSPS) is 11.4. The van der Waals surface area contributed by atoms with Crippen LogP contribution in [0.1, 0.15) is 45.7 Å². The summed E-state index contributed by atoms with van der Waals surface area (Å²) in [7, 11) is -1.82. The molecule has 1 amide bonds. The van der Waals surface area contributed by atoms with Crippen LogP contribution in [0, 0.1) is 5.92 Å². The van der Waals surface area contributed by atoms with Gasteiger partial charge >= 0.3 is 5.97 Å². The van der Waals surface area contributed by atoms with Gasteiger partial charge in [-0.05, 0) is 41.0 Å². The first kappa shape index (κ1) is 21.1. The Morgan fingerprint density at radius 1 is 1.19 bits per heavy atom. The number of benzene rings is 1. The molecule has 0 radical (unpaired) electrons. The highest BCUT2D eigenvalue weighted by Gasteiger charge is 2.22. The Morgan fingerprint density at radius 2 is 1.81 bits per heavy atom. The van der Waals surface area contributed by atoms with Crippen LogP contribution < -0.4 is 5.32 Å². The van der Waals surface area contributed by atoms with E-state index in [1.165, 1.54) is 18.4 Å². The smallest absolute Gasteiger partial charge is 0.341 e. The molecule has 0 fully saturated rings. The maximum Gasteiger partial charge on any atom is 0.341 e. The predicted octanol–water partition coefficient (Wildman–Crippen LogP) is 3.53. The molecule has 0 aliphatic heterocycles. The summed E-state index contributed by atoms with van der Waals surface area (Å²) in [5, 5.41) is 5.07. The lowest BCUT2D eigenvalue weighted by Crippen LogP contribution is -2.15. The average molecular weight is 410 g/mol. The van der Waals surface area contributed by atoms with Crippen LogP contribution in [-0.2, 0) is 26.7 Å². The fourth-order valence-electron chi connectivity index (χ4n) is 2.63. The highest BCUT2D eigenvalue weighted by molar-refractivity contribution is 7.89. The molecule has 1 aromatic heterocycles. The molecule has 27 heavy (non-hydrogen) atoms. The first-order chi connectivity index (χ1) is 12.6. The van der Waals surface area contributed by atoms with Gasteiger partial charge in [0, 0.05) is 11.8 Å². The number of sulfone groups is 1. The summed E-state index contributed by atoms with van der Waals surface area (Å²) in [5.41, 5.74) is 2.22. The third-order valence-electron chi connectivity index (χ3n) is 3.76. The van der Waals surface area contributed by atoms with E-state index in [4.69, 9.17) is 4.74 Å². The van der Waals surface area contributed by atoms with Crippen LogP contribution in [0.2, 0.25) is 0 Å². The quantitative estimate of drug-likeness (QED) is 0.707. The van der Waals surface area contributed by atoms with E-state index in [1.807, 2.05) is 5.38 Å². The van der Waals surface area contributed by atoms with Crippen molar-refractivity contribution in [3.8, 4) is 0 Å². The third-order valence-corrected chi connectivity index (χ3v) is 5.56. The predicted molar refractivity (Wildman–Crippen MR) is 107 cm³/mol. The van der Waals surface area contributed by atoms with E-state index >= 15 is 0 Å². The lowest BCUT2D eigenvalue weighted by Gasteiger charge is -2.09. The molecular weight excluding hydrogens is 386 g/mol. The van der Waals surface area contributed by atoms with Gasteiger partial charge in [0.25, 0.3) is 5.91 Å². The van der Waals surface area contributed by atoms with Gasteiger partial charge in [0.1, 0.15) is 5.00 Å². The van der Waals surface area contributed by atoms with Crippen LogP contribution in [0.15, 0.2) is 29.6 Å². The lowest BCUT2D eigenvalue weighted by atomic mass is 10.0. The van der Waals surface area contributed by atoms with Crippen molar-refractivity contribution in [2.45, 2.75) is 26.0 Å². The number of thiophene rings is 1. The van der Waals surface area contributed by atoms with Gasteiger partial charge in [-0.3, -0.25) is 4.79 Å². The molecule has 0 bridgehead atoms. The van der Waals surface area contributed by atoms with Gasteiger partial charge in [0.05, 0.1) is 18.4 Å². The van der Waals surface area contributed by atoms with Crippen LogP contribution in [0.4, 0.5) is 5.00 Å². The van der Waals surface area contributed by atoms with Crippen molar-refractivity contribution in [1.82, 2.24) is 0 Å². The van der Waals surface area contributed by atoms with Gasteiger partial charge in [-0.25, -0.2) is 13.2 Å². The molecule has 146 valence electrons. The second-order valence-electron chi connectivity index (χ2n) is 6.78. The number of carbonyl (C=O) groups is 2. The van der Waals surface area contributed by atoms with Crippen molar-refractivity contribution in [3.63, 3.8) is 0 Å². The molecule has 0 spiro atoms. The zero-order valence-electron chi connectivity index (χ0n) is 15.7. The van der Waals surface area contributed by atoms with Crippen molar-refractivity contribution in [2.75, 3.05) is 18.7 Å². The van der Waals surface area contributed by atoms with Gasteiger partial charge in [-0.1, -0.05) is 26.0 Å². The summed E-state index contributed by atoms with van der Waals surface area (Å²) >= 11 is 1.28. The van der Waals surface area contributed by atoms with E-state index in [2.05, 4.69) is 19.2 Å². The van der Waals surface area contributed by atoms with E-state index in [-0.39, 0.29) is 11.7 Å². The molecule has 0 aliphatic rings. The van der Waals surface area contributed by atoms with Crippen LogP contribution in [0.5, 0.6) is 0 Å². The van der Waals surface area contributed by atoms with E-state index < -0.39 is 15.8 Å². The van der Waals surface area contributed by atoms with Crippen molar-refractivity contribution in [3.05, 3.63) is 51.9 Å². The number of amides is 1. The largest absolute Gasteiger partial charge is 0.465 e. The van der Waals surface area contributed by atoms with Crippen LogP contribution in [0.3, 0.4) is 0 Å². The van der Waals surface area contributed by atoms with E-state index in [0.717, 1.165) is 11.8 Å². The Labute approximate surface area is 163 Å². The summed E-state index contributed by atoms with van der Waals surface area (Å²) in [6.07, 6.45) is 1.87. The number of hydrogen-bond acceptors (Lipinski definition) is 6. The molecule has 1 N–H and O–H groups in total. The summed E-state index contributed by atoms with van der Waals surface area (Å²) in [4.78, 5) is 24.7. The molecule has 0 saturated carbocycles. The van der Waals surface area contributed by atoms with Crippen molar-refractivity contribution in [1.29, 1.82) is 0 Å². The minimum absolute atomic E-state index is 0.0785. The van der Waals surface area contributed by atoms with Crippen molar-refractivity contribution < 1.29 is 22.7 Å². The molecule has 1 aromatic carbocycles. The molecule has 6 nitrogen and oxygen atoms in total.